The molecule has 1 aliphatic heterocycles. The van der Waals surface area contributed by atoms with E-state index in [1.54, 1.807) is 0 Å². The molecule has 166 valence electrons. The Balaban J connectivity index is 1.93. The van der Waals surface area contributed by atoms with Crippen molar-refractivity contribution in [3.05, 3.63) is 73.0 Å². The second-order valence-corrected chi connectivity index (χ2v) is 7.73. The third kappa shape index (κ3) is 3.92. The van der Waals surface area contributed by atoms with Gasteiger partial charge in [-0.05, 0) is 13.8 Å². The van der Waals surface area contributed by atoms with Gasteiger partial charge in [-0.15, -0.1) is 0 Å². The van der Waals surface area contributed by atoms with Crippen LogP contribution in [-0.4, -0.2) is 48.5 Å². The highest BCUT2D eigenvalue weighted by Gasteiger charge is 2.58. The Bertz CT molecular complexity index is 1140. The summed E-state index contributed by atoms with van der Waals surface area (Å²) in [7, 11) is 0. The van der Waals surface area contributed by atoms with Crippen molar-refractivity contribution < 1.29 is 29.1 Å². The summed E-state index contributed by atoms with van der Waals surface area (Å²) in [6.07, 6.45) is -4.33. The molecule has 31 heavy (non-hydrogen) atoms. The normalized spacial score (nSPS) is 23.3. The number of aliphatic hydroxyl groups is 2. The quantitative estimate of drug-likeness (QED) is 0.429. The summed E-state index contributed by atoms with van der Waals surface area (Å²) in [6.45, 7) is 2.40. The Labute approximate surface area is 173 Å². The second-order valence-electron chi connectivity index (χ2n) is 7.73. The van der Waals surface area contributed by atoms with Gasteiger partial charge in [0.1, 0.15) is 6.23 Å². The lowest BCUT2D eigenvalue weighted by molar-refractivity contribution is -0.386. The number of ether oxygens (including phenoxy) is 1. The van der Waals surface area contributed by atoms with Crippen LogP contribution in [0.3, 0.4) is 0 Å². The molecule has 2 aromatic rings. The molecule has 0 radical (unpaired) electrons. The molecule has 1 aliphatic rings. The van der Waals surface area contributed by atoms with Gasteiger partial charge in [-0.2, -0.15) is 0 Å². The Hall–Kier alpha value is -3.22. The van der Waals surface area contributed by atoms with E-state index in [0.29, 0.717) is 0 Å². The number of nitrogens with one attached hydrogen (secondary N) is 1. The fourth-order valence-electron chi connectivity index (χ4n) is 3.68. The molecule has 0 saturated carbocycles. The maximum Gasteiger partial charge on any atom is 0.330 e. The van der Waals surface area contributed by atoms with E-state index in [4.69, 9.17) is 4.74 Å². The lowest BCUT2D eigenvalue weighted by Gasteiger charge is -2.33. The molecule has 3 N–H and O–H groups in total. The van der Waals surface area contributed by atoms with Gasteiger partial charge in [0.15, 0.2) is 6.10 Å². The number of rotatable bonds is 6. The number of aromatic amines is 1. The number of hydrogen-bond donors (Lipinski definition) is 3. The highest BCUT2D eigenvalue weighted by Crippen LogP contribution is 2.41. The molecule has 12 heteroatoms. The van der Waals surface area contributed by atoms with Crippen LogP contribution in [-0.2, 0) is 14.9 Å². The van der Waals surface area contributed by atoms with Crippen LogP contribution >= 0.6 is 0 Å². The summed E-state index contributed by atoms with van der Waals surface area (Å²) in [6, 6.07) is 6.21. The van der Waals surface area contributed by atoms with E-state index in [1.165, 1.54) is 32.0 Å². The molecule has 11 nitrogen and oxygen atoms in total. The van der Waals surface area contributed by atoms with E-state index in [-0.39, 0.29) is 12.0 Å². The summed E-state index contributed by atoms with van der Waals surface area (Å²) in [5.41, 5.74) is -4.02. The maximum absolute atomic E-state index is 15.4. The fourth-order valence-corrected chi connectivity index (χ4v) is 3.68. The Kier molecular flexibility index (Phi) is 5.65. The third-order valence-corrected chi connectivity index (χ3v) is 5.29. The zero-order valence-corrected chi connectivity index (χ0v) is 16.5. The SMILES string of the molecule is CC(C)(C(=O)C(O)(F)[C@H]1O[C@@H](n2ccc(=O)[nH]c2=O)C[C@@H]1O)c1ccccc1[N+](=O)[O-]. The zero-order valence-electron chi connectivity index (χ0n) is 16.5. The van der Waals surface area contributed by atoms with Crippen molar-refractivity contribution in [3.63, 3.8) is 0 Å². The van der Waals surface area contributed by atoms with Gasteiger partial charge in [-0.1, -0.05) is 18.2 Å². The standard InChI is InChI=1S/C19H20FN3O8/c1-18(2,10-5-3-4-6-11(10)23(29)30)16(26)19(20,28)15-12(24)9-14(31-15)22-8-7-13(25)21-17(22)27/h3-8,12,14-15,24,28H,9H2,1-2H3,(H,21,25,27)/t12-,14+,15-,19?/m0/s1. The van der Waals surface area contributed by atoms with Crippen LogP contribution in [0.5, 0.6) is 0 Å². The minimum absolute atomic E-state index is 0.137. The molecular formula is C19H20FN3O8. The van der Waals surface area contributed by atoms with Crippen LogP contribution in [0.1, 0.15) is 32.1 Å². The van der Waals surface area contributed by atoms with Crippen LogP contribution in [0.25, 0.3) is 0 Å². The van der Waals surface area contributed by atoms with Crippen molar-refractivity contribution in [3.8, 4) is 0 Å². The first-order valence-electron chi connectivity index (χ1n) is 9.22. The van der Waals surface area contributed by atoms with Crippen molar-refractivity contribution in [2.45, 2.75) is 50.0 Å². The lowest BCUT2D eigenvalue weighted by Crippen LogP contribution is -2.55. The molecular weight excluding hydrogens is 417 g/mol. The molecule has 3 rings (SSSR count). The first-order chi connectivity index (χ1) is 14.4. The first kappa shape index (κ1) is 22.5. The average molecular weight is 437 g/mol. The monoisotopic (exact) mass is 437 g/mol. The van der Waals surface area contributed by atoms with Gasteiger partial charge in [0.25, 0.3) is 17.1 Å². The number of carbonyl (C=O) groups is 1. The smallest absolute Gasteiger partial charge is 0.330 e. The molecule has 1 aromatic carbocycles. The largest absolute Gasteiger partial charge is 0.390 e. The predicted molar refractivity (Wildman–Crippen MR) is 103 cm³/mol. The molecule has 0 spiro atoms. The van der Waals surface area contributed by atoms with E-state index in [2.05, 4.69) is 0 Å². The van der Waals surface area contributed by atoms with Crippen molar-refractivity contribution in [2.75, 3.05) is 0 Å². The maximum atomic E-state index is 15.4. The summed E-state index contributed by atoms with van der Waals surface area (Å²) in [5, 5.41) is 32.0. The Morgan fingerprint density at radius 1 is 1.32 bits per heavy atom. The molecule has 1 fully saturated rings. The number of nitro benzene ring substituents is 1. The van der Waals surface area contributed by atoms with E-state index < -0.39 is 57.3 Å². The summed E-state index contributed by atoms with van der Waals surface area (Å²) < 4.78 is 21.6. The second kappa shape index (κ2) is 7.80. The number of aromatic nitrogens is 2. The van der Waals surface area contributed by atoms with Crippen LogP contribution in [0.15, 0.2) is 46.1 Å². The predicted octanol–water partition coefficient (Wildman–Crippen LogP) is 0.298. The number of hydrogen-bond acceptors (Lipinski definition) is 8. The molecule has 1 unspecified atom stereocenters. The number of benzene rings is 1. The van der Waals surface area contributed by atoms with Gasteiger partial charge in [0, 0.05) is 30.3 Å². The van der Waals surface area contributed by atoms with Crippen LogP contribution in [0.2, 0.25) is 0 Å². The van der Waals surface area contributed by atoms with E-state index >= 15 is 4.39 Å². The first-order valence-corrected chi connectivity index (χ1v) is 9.22. The molecule has 0 bridgehead atoms. The third-order valence-electron chi connectivity index (χ3n) is 5.29. The number of nitro groups is 1. The van der Waals surface area contributed by atoms with Gasteiger partial charge < -0.3 is 14.9 Å². The summed E-state index contributed by atoms with van der Waals surface area (Å²) in [5.74, 6) is -5.21. The van der Waals surface area contributed by atoms with Crippen LogP contribution in [0, 0.1) is 10.1 Å². The van der Waals surface area contributed by atoms with Gasteiger partial charge in [0.2, 0.25) is 5.78 Å². The van der Waals surface area contributed by atoms with Gasteiger partial charge in [0.05, 0.1) is 16.4 Å². The number of aliphatic hydroxyl groups excluding tert-OH is 1. The van der Waals surface area contributed by atoms with E-state index in [0.717, 1.165) is 22.9 Å². The number of Topliss-reactive ketones (excluding diaryl/α,β-unsaturated/α-hetero) is 1. The van der Waals surface area contributed by atoms with Gasteiger partial charge in [-0.25, -0.2) is 9.18 Å². The van der Waals surface area contributed by atoms with Gasteiger partial charge in [-0.3, -0.25) is 29.3 Å². The number of nitrogens with zero attached hydrogens (tertiary/aromatic N) is 2. The van der Waals surface area contributed by atoms with Crippen molar-refractivity contribution >= 4 is 11.5 Å². The lowest BCUT2D eigenvalue weighted by atomic mass is 9.75. The van der Waals surface area contributed by atoms with Crippen molar-refractivity contribution in [1.82, 2.24) is 9.55 Å². The van der Waals surface area contributed by atoms with Crippen LogP contribution in [0.4, 0.5) is 10.1 Å². The Morgan fingerprint density at radius 2 is 1.97 bits per heavy atom. The molecule has 2 heterocycles. The molecule has 0 aliphatic carbocycles. The average Bonchev–Trinajstić information content (AvgIpc) is 3.09. The number of halogens is 1. The topological polar surface area (TPSA) is 165 Å². The van der Waals surface area contributed by atoms with Crippen LogP contribution < -0.4 is 11.2 Å². The molecule has 4 atom stereocenters. The molecule has 1 saturated heterocycles. The van der Waals surface area contributed by atoms with Crippen molar-refractivity contribution in [1.29, 1.82) is 0 Å². The minimum Gasteiger partial charge on any atom is -0.390 e. The number of alkyl halides is 1. The number of carbonyl (C=O) groups excluding carboxylic acids is 1. The number of ketones is 1. The van der Waals surface area contributed by atoms with Crippen molar-refractivity contribution in [2.24, 2.45) is 0 Å². The summed E-state index contributed by atoms with van der Waals surface area (Å²) in [4.78, 5) is 48.7. The van der Waals surface area contributed by atoms with E-state index in [9.17, 15) is 34.7 Å². The Morgan fingerprint density at radius 3 is 2.58 bits per heavy atom. The molecule has 0 amide bonds. The highest BCUT2D eigenvalue weighted by atomic mass is 19.2. The highest BCUT2D eigenvalue weighted by molar-refractivity contribution is 5.96. The van der Waals surface area contributed by atoms with Gasteiger partial charge >= 0.3 is 5.69 Å². The van der Waals surface area contributed by atoms with E-state index in [1.807, 2.05) is 4.98 Å². The zero-order chi connectivity index (χ0) is 23.1. The molecule has 1 aromatic heterocycles. The number of H-pyrrole nitrogens is 1. The summed E-state index contributed by atoms with van der Waals surface area (Å²) >= 11 is 0. The fraction of sp³-hybridized carbons (Fsp3) is 0.421. The minimum atomic E-state index is -3.74. The number of para-hydroxylation sites is 1.